The zero-order valence-electron chi connectivity index (χ0n) is 12.6. The second kappa shape index (κ2) is 6.42. The number of ether oxygens (including phenoxy) is 1. The van der Waals surface area contributed by atoms with Crippen molar-refractivity contribution in [2.75, 3.05) is 14.2 Å². The van der Waals surface area contributed by atoms with Gasteiger partial charge in [0.2, 0.25) is 0 Å². The number of nitrogens with one attached hydrogen (secondary N) is 1. The Morgan fingerprint density at radius 1 is 1.21 bits per heavy atom. The summed E-state index contributed by atoms with van der Waals surface area (Å²) in [6, 6.07) is 8.94. The Labute approximate surface area is 117 Å². The minimum Gasteiger partial charge on any atom is -0.497 e. The molecule has 1 aliphatic carbocycles. The highest BCUT2D eigenvalue weighted by Crippen LogP contribution is 2.40. The zero-order chi connectivity index (χ0) is 13.8. The lowest BCUT2D eigenvalue weighted by Crippen LogP contribution is -2.31. The summed E-state index contributed by atoms with van der Waals surface area (Å²) >= 11 is 0. The first-order valence-corrected chi connectivity index (χ1v) is 7.47. The first-order chi connectivity index (χ1) is 9.15. The molecule has 0 amide bonds. The van der Waals surface area contributed by atoms with Crippen LogP contribution in [0, 0.1) is 17.8 Å². The number of hydrogen-bond donors (Lipinski definition) is 1. The molecule has 1 aromatic carbocycles. The third-order valence-corrected chi connectivity index (χ3v) is 4.87. The predicted molar refractivity (Wildman–Crippen MR) is 80.5 cm³/mol. The fourth-order valence-electron chi connectivity index (χ4n) is 3.40. The summed E-state index contributed by atoms with van der Waals surface area (Å²) in [6.45, 7) is 4.79. The van der Waals surface area contributed by atoms with Gasteiger partial charge in [-0.1, -0.05) is 32.4 Å². The molecular formula is C17H27NO. The Morgan fingerprint density at radius 3 is 2.63 bits per heavy atom. The molecule has 0 heterocycles. The molecule has 19 heavy (non-hydrogen) atoms. The van der Waals surface area contributed by atoms with Crippen molar-refractivity contribution in [3.8, 4) is 5.75 Å². The third-order valence-electron chi connectivity index (χ3n) is 4.87. The van der Waals surface area contributed by atoms with Gasteiger partial charge in [0, 0.05) is 6.04 Å². The van der Waals surface area contributed by atoms with Gasteiger partial charge in [-0.2, -0.15) is 0 Å². The van der Waals surface area contributed by atoms with Gasteiger partial charge in [-0.05, 0) is 55.3 Å². The Kier molecular flexibility index (Phi) is 4.87. The van der Waals surface area contributed by atoms with Gasteiger partial charge in [-0.15, -0.1) is 0 Å². The lowest BCUT2D eigenvalue weighted by atomic mass is 9.72. The van der Waals surface area contributed by atoms with Crippen molar-refractivity contribution in [3.05, 3.63) is 29.8 Å². The van der Waals surface area contributed by atoms with Crippen molar-refractivity contribution < 1.29 is 4.74 Å². The van der Waals surface area contributed by atoms with Crippen LogP contribution in [0.25, 0.3) is 0 Å². The van der Waals surface area contributed by atoms with Crippen LogP contribution in [0.2, 0.25) is 0 Å². The van der Waals surface area contributed by atoms with Gasteiger partial charge >= 0.3 is 0 Å². The van der Waals surface area contributed by atoms with Gasteiger partial charge < -0.3 is 10.1 Å². The van der Waals surface area contributed by atoms with Crippen LogP contribution in [0.1, 0.15) is 44.7 Å². The summed E-state index contributed by atoms with van der Waals surface area (Å²) in [5, 5.41) is 3.52. The maximum absolute atomic E-state index is 5.35. The number of hydrogen-bond acceptors (Lipinski definition) is 2. The molecule has 0 radical (unpaired) electrons. The molecule has 2 heteroatoms. The number of benzene rings is 1. The predicted octanol–water partition coefficient (Wildman–Crippen LogP) is 4.03. The average Bonchev–Trinajstić information content (AvgIpc) is 2.44. The maximum atomic E-state index is 5.35. The normalized spacial score (nSPS) is 28.9. The molecule has 106 valence electrons. The van der Waals surface area contributed by atoms with Gasteiger partial charge in [-0.25, -0.2) is 0 Å². The SMILES string of the molecule is CNC(c1cccc(OC)c1)C1CCC(C)C(C)C1. The maximum Gasteiger partial charge on any atom is 0.119 e. The zero-order valence-corrected chi connectivity index (χ0v) is 12.6. The van der Waals surface area contributed by atoms with E-state index in [1.165, 1.54) is 24.8 Å². The van der Waals surface area contributed by atoms with E-state index in [0.29, 0.717) is 6.04 Å². The highest BCUT2D eigenvalue weighted by atomic mass is 16.5. The molecule has 0 spiro atoms. The van der Waals surface area contributed by atoms with Crippen LogP contribution >= 0.6 is 0 Å². The van der Waals surface area contributed by atoms with Crippen molar-refractivity contribution in [3.63, 3.8) is 0 Å². The van der Waals surface area contributed by atoms with Crippen molar-refractivity contribution in [2.45, 2.75) is 39.2 Å². The Bertz CT molecular complexity index is 404. The molecule has 4 atom stereocenters. The van der Waals surface area contributed by atoms with E-state index in [0.717, 1.165) is 23.5 Å². The van der Waals surface area contributed by atoms with Crippen LogP contribution in [0.4, 0.5) is 0 Å². The van der Waals surface area contributed by atoms with E-state index < -0.39 is 0 Å². The van der Waals surface area contributed by atoms with Gasteiger partial charge in [0.15, 0.2) is 0 Å². The van der Waals surface area contributed by atoms with Crippen LogP contribution < -0.4 is 10.1 Å². The second-order valence-corrected chi connectivity index (χ2v) is 6.07. The summed E-state index contributed by atoms with van der Waals surface area (Å²) < 4.78 is 5.35. The topological polar surface area (TPSA) is 21.3 Å². The molecule has 2 rings (SSSR count). The van der Waals surface area contributed by atoms with Crippen LogP contribution in [0.3, 0.4) is 0 Å². The van der Waals surface area contributed by atoms with Gasteiger partial charge in [-0.3, -0.25) is 0 Å². The highest BCUT2D eigenvalue weighted by molar-refractivity contribution is 5.31. The van der Waals surface area contributed by atoms with E-state index >= 15 is 0 Å². The molecule has 0 aromatic heterocycles. The summed E-state index contributed by atoms with van der Waals surface area (Å²) in [7, 11) is 3.81. The molecule has 1 aromatic rings. The fourth-order valence-corrected chi connectivity index (χ4v) is 3.40. The van der Waals surface area contributed by atoms with Crippen molar-refractivity contribution >= 4 is 0 Å². The summed E-state index contributed by atoms with van der Waals surface area (Å²) in [4.78, 5) is 0. The van der Waals surface area contributed by atoms with E-state index in [4.69, 9.17) is 4.74 Å². The molecule has 1 fully saturated rings. The quantitative estimate of drug-likeness (QED) is 0.883. The third kappa shape index (κ3) is 3.30. The lowest BCUT2D eigenvalue weighted by Gasteiger charge is -2.37. The van der Waals surface area contributed by atoms with Crippen LogP contribution in [0.15, 0.2) is 24.3 Å². The van der Waals surface area contributed by atoms with E-state index in [1.54, 1.807) is 7.11 Å². The van der Waals surface area contributed by atoms with Crippen LogP contribution in [0.5, 0.6) is 5.75 Å². The van der Waals surface area contributed by atoms with Crippen molar-refractivity contribution in [2.24, 2.45) is 17.8 Å². The molecule has 1 N–H and O–H groups in total. The average molecular weight is 261 g/mol. The Hall–Kier alpha value is -1.02. The monoisotopic (exact) mass is 261 g/mol. The van der Waals surface area contributed by atoms with Gasteiger partial charge in [0.1, 0.15) is 5.75 Å². The molecule has 0 saturated heterocycles. The molecular weight excluding hydrogens is 234 g/mol. The first kappa shape index (κ1) is 14.4. The highest BCUT2D eigenvalue weighted by Gasteiger charge is 2.30. The van der Waals surface area contributed by atoms with Crippen LogP contribution in [-0.2, 0) is 0 Å². The van der Waals surface area contributed by atoms with E-state index in [1.807, 2.05) is 6.07 Å². The smallest absolute Gasteiger partial charge is 0.119 e. The number of methoxy groups -OCH3 is 1. The standard InChI is InChI=1S/C17H27NO/c1-12-8-9-15(10-13(12)2)17(18-3)14-6-5-7-16(11-14)19-4/h5-7,11-13,15,17-18H,8-10H2,1-4H3. The largest absolute Gasteiger partial charge is 0.497 e. The summed E-state index contributed by atoms with van der Waals surface area (Å²) in [6.07, 6.45) is 4.01. The molecule has 0 bridgehead atoms. The van der Waals surface area contributed by atoms with Crippen molar-refractivity contribution in [1.82, 2.24) is 5.32 Å². The molecule has 1 saturated carbocycles. The second-order valence-electron chi connectivity index (χ2n) is 6.07. The molecule has 4 unspecified atom stereocenters. The van der Waals surface area contributed by atoms with E-state index in [9.17, 15) is 0 Å². The van der Waals surface area contributed by atoms with E-state index in [-0.39, 0.29) is 0 Å². The molecule has 2 nitrogen and oxygen atoms in total. The minimum atomic E-state index is 0.449. The number of rotatable bonds is 4. The van der Waals surface area contributed by atoms with Crippen LogP contribution in [-0.4, -0.2) is 14.2 Å². The summed E-state index contributed by atoms with van der Waals surface area (Å²) in [5.41, 5.74) is 1.36. The first-order valence-electron chi connectivity index (χ1n) is 7.47. The Balaban J connectivity index is 2.15. The van der Waals surface area contributed by atoms with Gasteiger partial charge in [0.25, 0.3) is 0 Å². The van der Waals surface area contributed by atoms with Gasteiger partial charge in [0.05, 0.1) is 7.11 Å². The van der Waals surface area contributed by atoms with Crippen molar-refractivity contribution in [1.29, 1.82) is 0 Å². The molecule has 0 aliphatic heterocycles. The fraction of sp³-hybridized carbons (Fsp3) is 0.647. The van der Waals surface area contributed by atoms with E-state index in [2.05, 4.69) is 44.4 Å². The Morgan fingerprint density at radius 2 is 2.00 bits per heavy atom. The lowest BCUT2D eigenvalue weighted by molar-refractivity contribution is 0.174. The molecule has 1 aliphatic rings. The minimum absolute atomic E-state index is 0.449. The summed E-state index contributed by atoms with van der Waals surface area (Å²) in [5.74, 6) is 3.40.